The highest BCUT2D eigenvalue weighted by Gasteiger charge is 2.18. The average molecular weight is 288 g/mol. The number of nitrogens with one attached hydrogen (secondary N) is 1. The number of hydrogen-bond acceptors (Lipinski definition) is 4. The normalized spacial score (nSPS) is 19.3. The summed E-state index contributed by atoms with van der Waals surface area (Å²) in [5.41, 5.74) is 1.76. The molecule has 1 aliphatic heterocycles. The van der Waals surface area contributed by atoms with Gasteiger partial charge in [0.25, 0.3) is 0 Å². The number of rotatable bonds is 3. The highest BCUT2D eigenvalue weighted by molar-refractivity contribution is 5.84. The lowest BCUT2D eigenvalue weighted by Crippen LogP contribution is -2.21. The molecule has 112 valence electrons. The molecule has 0 saturated carbocycles. The third-order valence-electron chi connectivity index (χ3n) is 3.99. The lowest BCUT2D eigenvalue weighted by Gasteiger charge is -2.15. The quantitative estimate of drug-likeness (QED) is 0.931. The van der Waals surface area contributed by atoms with E-state index in [2.05, 4.69) is 15.4 Å². The minimum Gasteiger partial charge on any atom is -0.492 e. The van der Waals surface area contributed by atoms with Crippen molar-refractivity contribution in [2.45, 2.75) is 26.2 Å². The van der Waals surface area contributed by atoms with Crippen LogP contribution in [-0.2, 0) is 11.8 Å². The maximum atomic E-state index is 11.4. The van der Waals surface area contributed by atoms with Crippen molar-refractivity contribution in [3.05, 3.63) is 18.0 Å². The van der Waals surface area contributed by atoms with E-state index in [-0.39, 0.29) is 5.91 Å². The van der Waals surface area contributed by atoms with Gasteiger partial charge in [-0.2, -0.15) is 5.10 Å². The minimum absolute atomic E-state index is 0.145. The molecule has 1 unspecified atom stereocenters. The second-order valence-corrected chi connectivity index (χ2v) is 5.57. The molecule has 1 amide bonds. The summed E-state index contributed by atoms with van der Waals surface area (Å²) in [6.45, 7) is 3.33. The standard InChI is InChI=1S/C15H20N4O2/c1-10-14-12(6-8-17-15(14)19(2)18-10)21-9-11-3-4-13(20)16-7-5-11/h6,8,11H,3-5,7,9H2,1-2H3,(H,16,20). The summed E-state index contributed by atoms with van der Waals surface area (Å²) < 4.78 is 7.78. The van der Waals surface area contributed by atoms with Crippen LogP contribution in [0.1, 0.15) is 25.0 Å². The van der Waals surface area contributed by atoms with Crippen molar-refractivity contribution in [1.29, 1.82) is 0 Å². The van der Waals surface area contributed by atoms with E-state index in [0.717, 1.165) is 41.9 Å². The van der Waals surface area contributed by atoms with Crippen molar-refractivity contribution in [3.63, 3.8) is 0 Å². The van der Waals surface area contributed by atoms with Crippen LogP contribution in [0.2, 0.25) is 0 Å². The van der Waals surface area contributed by atoms with Crippen LogP contribution >= 0.6 is 0 Å². The van der Waals surface area contributed by atoms with Crippen LogP contribution in [0.15, 0.2) is 12.3 Å². The van der Waals surface area contributed by atoms with Crippen LogP contribution in [-0.4, -0.2) is 33.8 Å². The maximum Gasteiger partial charge on any atom is 0.220 e. The van der Waals surface area contributed by atoms with Gasteiger partial charge in [0.15, 0.2) is 5.65 Å². The molecular weight excluding hydrogens is 268 g/mol. The molecule has 0 spiro atoms. The average Bonchev–Trinajstić information content (AvgIpc) is 2.64. The van der Waals surface area contributed by atoms with E-state index in [0.29, 0.717) is 18.9 Å². The fraction of sp³-hybridized carbons (Fsp3) is 0.533. The van der Waals surface area contributed by atoms with Gasteiger partial charge in [-0.15, -0.1) is 0 Å². The third-order valence-corrected chi connectivity index (χ3v) is 3.99. The summed E-state index contributed by atoms with van der Waals surface area (Å²) >= 11 is 0. The smallest absolute Gasteiger partial charge is 0.220 e. The zero-order valence-electron chi connectivity index (χ0n) is 12.4. The summed E-state index contributed by atoms with van der Waals surface area (Å²) in [5, 5.41) is 8.26. The molecule has 21 heavy (non-hydrogen) atoms. The number of hydrogen-bond donors (Lipinski definition) is 1. The Bertz CT molecular complexity index is 665. The number of aromatic nitrogens is 3. The van der Waals surface area contributed by atoms with Gasteiger partial charge in [0.1, 0.15) is 5.75 Å². The maximum absolute atomic E-state index is 11.4. The molecule has 1 fully saturated rings. The molecule has 0 aromatic carbocycles. The Morgan fingerprint density at radius 2 is 2.33 bits per heavy atom. The van der Waals surface area contributed by atoms with Crippen LogP contribution in [0.4, 0.5) is 0 Å². The number of carbonyl (C=O) groups excluding carboxylic acids is 1. The number of aryl methyl sites for hydroxylation is 2. The summed E-state index contributed by atoms with van der Waals surface area (Å²) in [6.07, 6.45) is 4.18. The predicted octanol–water partition coefficient (Wildman–Crippen LogP) is 1.57. The first kappa shape index (κ1) is 13.9. The molecule has 6 heteroatoms. The van der Waals surface area contributed by atoms with Crippen LogP contribution in [0.25, 0.3) is 11.0 Å². The lowest BCUT2D eigenvalue weighted by molar-refractivity contribution is -0.120. The van der Waals surface area contributed by atoms with Gasteiger partial charge in [0, 0.05) is 26.2 Å². The van der Waals surface area contributed by atoms with Gasteiger partial charge in [-0.3, -0.25) is 9.48 Å². The number of carbonyl (C=O) groups is 1. The number of ether oxygens (including phenoxy) is 1. The molecule has 6 nitrogen and oxygen atoms in total. The molecule has 0 radical (unpaired) electrons. The van der Waals surface area contributed by atoms with Crippen LogP contribution in [0, 0.1) is 12.8 Å². The number of amides is 1. The van der Waals surface area contributed by atoms with Gasteiger partial charge in [0.05, 0.1) is 17.7 Å². The molecule has 3 rings (SSSR count). The van der Waals surface area contributed by atoms with Gasteiger partial charge < -0.3 is 10.1 Å². The predicted molar refractivity (Wildman–Crippen MR) is 79.1 cm³/mol. The van der Waals surface area contributed by atoms with E-state index in [1.807, 2.05) is 20.0 Å². The molecule has 2 aromatic rings. The Morgan fingerprint density at radius 1 is 1.48 bits per heavy atom. The van der Waals surface area contributed by atoms with Crippen molar-refractivity contribution in [1.82, 2.24) is 20.1 Å². The first-order chi connectivity index (χ1) is 10.1. The molecule has 1 saturated heterocycles. The molecule has 1 atom stereocenters. The van der Waals surface area contributed by atoms with Crippen molar-refractivity contribution < 1.29 is 9.53 Å². The second kappa shape index (κ2) is 5.71. The number of nitrogens with zero attached hydrogens (tertiary/aromatic N) is 3. The first-order valence-electron chi connectivity index (χ1n) is 7.33. The van der Waals surface area contributed by atoms with Crippen LogP contribution < -0.4 is 10.1 Å². The molecule has 1 aliphatic rings. The zero-order valence-corrected chi connectivity index (χ0v) is 12.4. The molecule has 0 bridgehead atoms. The Hall–Kier alpha value is -2.11. The lowest BCUT2D eigenvalue weighted by atomic mass is 10.0. The van der Waals surface area contributed by atoms with Crippen molar-refractivity contribution in [2.24, 2.45) is 13.0 Å². The Labute approximate surface area is 123 Å². The fourth-order valence-electron chi connectivity index (χ4n) is 2.82. The van der Waals surface area contributed by atoms with Gasteiger partial charge in [-0.1, -0.05) is 0 Å². The van der Waals surface area contributed by atoms with Crippen molar-refractivity contribution in [3.8, 4) is 5.75 Å². The third kappa shape index (κ3) is 2.84. The van der Waals surface area contributed by atoms with E-state index in [1.54, 1.807) is 10.9 Å². The summed E-state index contributed by atoms with van der Waals surface area (Å²) in [6, 6.07) is 1.89. The Balaban J connectivity index is 1.75. The molecule has 0 aliphatic carbocycles. The monoisotopic (exact) mass is 288 g/mol. The zero-order chi connectivity index (χ0) is 14.8. The van der Waals surface area contributed by atoms with Gasteiger partial charge in [-0.05, 0) is 31.7 Å². The summed E-state index contributed by atoms with van der Waals surface area (Å²) in [7, 11) is 1.88. The molecule has 2 aromatic heterocycles. The Kier molecular flexibility index (Phi) is 3.77. The van der Waals surface area contributed by atoms with Gasteiger partial charge >= 0.3 is 0 Å². The van der Waals surface area contributed by atoms with E-state index in [1.165, 1.54) is 0 Å². The molecule has 3 heterocycles. The van der Waals surface area contributed by atoms with E-state index in [9.17, 15) is 4.79 Å². The Morgan fingerprint density at radius 3 is 3.19 bits per heavy atom. The topological polar surface area (TPSA) is 69.0 Å². The highest BCUT2D eigenvalue weighted by atomic mass is 16.5. The van der Waals surface area contributed by atoms with Gasteiger partial charge in [-0.25, -0.2) is 4.98 Å². The van der Waals surface area contributed by atoms with Crippen molar-refractivity contribution in [2.75, 3.05) is 13.2 Å². The first-order valence-corrected chi connectivity index (χ1v) is 7.33. The number of pyridine rings is 1. The van der Waals surface area contributed by atoms with E-state index in [4.69, 9.17) is 4.74 Å². The van der Waals surface area contributed by atoms with Gasteiger partial charge in [0.2, 0.25) is 5.91 Å². The SMILES string of the molecule is Cc1nn(C)c2nccc(OCC3CCNC(=O)CC3)c12. The second-order valence-electron chi connectivity index (χ2n) is 5.57. The minimum atomic E-state index is 0.145. The van der Waals surface area contributed by atoms with Crippen LogP contribution in [0.3, 0.4) is 0 Å². The summed E-state index contributed by atoms with van der Waals surface area (Å²) in [4.78, 5) is 15.7. The summed E-state index contributed by atoms with van der Waals surface area (Å²) in [5.74, 6) is 1.38. The fourth-order valence-corrected chi connectivity index (χ4v) is 2.82. The van der Waals surface area contributed by atoms with E-state index >= 15 is 0 Å². The van der Waals surface area contributed by atoms with Crippen molar-refractivity contribution >= 4 is 16.9 Å². The molecular formula is C15H20N4O2. The number of fused-ring (bicyclic) bond motifs is 1. The van der Waals surface area contributed by atoms with E-state index < -0.39 is 0 Å². The molecule has 1 N–H and O–H groups in total. The highest BCUT2D eigenvalue weighted by Crippen LogP contribution is 2.27. The van der Waals surface area contributed by atoms with Crippen LogP contribution in [0.5, 0.6) is 5.75 Å². The largest absolute Gasteiger partial charge is 0.492 e.